The van der Waals surface area contributed by atoms with E-state index >= 15 is 0 Å². The molecule has 0 radical (unpaired) electrons. The Kier molecular flexibility index (Phi) is 7.39. The minimum absolute atomic E-state index is 0. The molecule has 0 spiro atoms. The van der Waals surface area contributed by atoms with Gasteiger partial charge < -0.3 is 19.7 Å². The largest absolute Gasteiger partial charge is 0.481 e. The number of hydrogen-bond acceptors (Lipinski definition) is 5. The highest BCUT2D eigenvalue weighted by atomic mass is 35.5. The number of carbonyl (C=O) groups excluding carboxylic acids is 1. The van der Waals surface area contributed by atoms with Crippen LogP contribution >= 0.6 is 12.4 Å². The predicted molar refractivity (Wildman–Crippen MR) is 98.7 cm³/mol. The fourth-order valence-corrected chi connectivity index (χ4v) is 3.53. The van der Waals surface area contributed by atoms with Crippen molar-refractivity contribution in [2.24, 2.45) is 0 Å². The molecular weight excluding hydrogens is 399 g/mol. The van der Waals surface area contributed by atoms with E-state index in [-0.39, 0.29) is 55.5 Å². The van der Waals surface area contributed by atoms with Gasteiger partial charge in [-0.05, 0) is 31.9 Å². The molecule has 28 heavy (non-hydrogen) atoms. The van der Waals surface area contributed by atoms with Crippen molar-refractivity contribution in [2.45, 2.75) is 56.7 Å². The molecule has 158 valence electrons. The summed E-state index contributed by atoms with van der Waals surface area (Å²) in [6, 6.07) is 0.950. The first kappa shape index (κ1) is 22.5. The highest BCUT2D eigenvalue weighted by Crippen LogP contribution is 2.37. The van der Waals surface area contributed by atoms with Crippen LogP contribution in [-0.4, -0.2) is 54.6 Å². The molecule has 1 amide bonds. The number of rotatable bonds is 6. The highest BCUT2D eigenvalue weighted by molar-refractivity contribution is 5.85. The summed E-state index contributed by atoms with van der Waals surface area (Å²) in [5.41, 5.74) is 0.382. The van der Waals surface area contributed by atoms with Crippen molar-refractivity contribution in [1.82, 2.24) is 15.2 Å². The number of pyridine rings is 1. The molecule has 0 bridgehead atoms. The maximum atomic E-state index is 14.4. The van der Waals surface area contributed by atoms with Gasteiger partial charge in [-0.2, -0.15) is 4.98 Å². The average molecular weight is 424 g/mol. The first-order chi connectivity index (χ1) is 12.8. The number of carbonyl (C=O) groups is 1. The lowest BCUT2D eigenvalue weighted by molar-refractivity contribution is -0.132. The van der Waals surface area contributed by atoms with Gasteiger partial charge in [0.2, 0.25) is 11.8 Å². The molecule has 1 aromatic heterocycles. The Bertz CT molecular complexity index is 702. The van der Waals surface area contributed by atoms with Gasteiger partial charge in [0.15, 0.2) is 5.82 Å². The monoisotopic (exact) mass is 423 g/mol. The fraction of sp³-hybridized carbons (Fsp3) is 0.667. The summed E-state index contributed by atoms with van der Waals surface area (Å²) in [6.07, 6.45) is 0.335. The standard InChI is InChI=1S/C18H24F3N3O3.ClH/c1-24(17(25)14-4-3-7-22-14)10-11-8-13(19)16(23-15(11)26-2)27-12-5-6-18(20,21)9-12;/h8,12,14,22H,3-7,9-10H2,1-2H3;1H. The topological polar surface area (TPSA) is 63.7 Å². The summed E-state index contributed by atoms with van der Waals surface area (Å²) in [7, 11) is 3.00. The molecule has 2 atom stereocenters. The minimum atomic E-state index is -2.79. The molecule has 1 aliphatic carbocycles. The van der Waals surface area contributed by atoms with Crippen LogP contribution in [0.25, 0.3) is 0 Å². The summed E-state index contributed by atoms with van der Waals surface area (Å²) in [5, 5.41) is 3.13. The fourth-order valence-electron chi connectivity index (χ4n) is 3.53. The number of amides is 1. The van der Waals surface area contributed by atoms with Crippen molar-refractivity contribution in [1.29, 1.82) is 0 Å². The van der Waals surface area contributed by atoms with Crippen LogP contribution in [0, 0.1) is 5.82 Å². The van der Waals surface area contributed by atoms with Crippen LogP contribution in [0.1, 0.15) is 37.7 Å². The molecule has 10 heteroatoms. The van der Waals surface area contributed by atoms with E-state index in [9.17, 15) is 18.0 Å². The van der Waals surface area contributed by atoms with Crippen LogP contribution in [0.4, 0.5) is 13.2 Å². The minimum Gasteiger partial charge on any atom is -0.481 e. The SMILES string of the molecule is COc1nc(OC2CCC(F)(F)C2)c(F)cc1CN(C)C(=O)C1CCCN1.Cl. The molecule has 2 fully saturated rings. The predicted octanol–water partition coefficient (Wildman–Crippen LogP) is 2.93. The molecule has 2 aliphatic rings. The second kappa shape index (κ2) is 9.17. The van der Waals surface area contributed by atoms with E-state index in [0.717, 1.165) is 19.4 Å². The highest BCUT2D eigenvalue weighted by Gasteiger charge is 2.41. The first-order valence-electron chi connectivity index (χ1n) is 9.05. The molecule has 1 aliphatic heterocycles. The van der Waals surface area contributed by atoms with E-state index in [1.54, 1.807) is 7.05 Å². The summed E-state index contributed by atoms with van der Waals surface area (Å²) < 4.78 is 51.5. The molecule has 3 rings (SSSR count). The summed E-state index contributed by atoms with van der Waals surface area (Å²) in [4.78, 5) is 17.9. The molecule has 2 heterocycles. The van der Waals surface area contributed by atoms with Crippen molar-refractivity contribution in [3.63, 3.8) is 0 Å². The lowest BCUT2D eigenvalue weighted by Gasteiger charge is -2.22. The Morgan fingerprint density at radius 1 is 1.39 bits per heavy atom. The Morgan fingerprint density at radius 3 is 2.71 bits per heavy atom. The van der Waals surface area contributed by atoms with Crippen molar-refractivity contribution in [3.8, 4) is 11.8 Å². The van der Waals surface area contributed by atoms with Crippen LogP contribution < -0.4 is 14.8 Å². The molecule has 1 aromatic rings. The van der Waals surface area contributed by atoms with Crippen molar-refractivity contribution >= 4 is 18.3 Å². The van der Waals surface area contributed by atoms with E-state index in [4.69, 9.17) is 9.47 Å². The first-order valence-corrected chi connectivity index (χ1v) is 9.05. The number of ether oxygens (including phenoxy) is 2. The molecule has 0 aromatic carbocycles. The maximum absolute atomic E-state index is 14.4. The lowest BCUT2D eigenvalue weighted by Crippen LogP contribution is -2.41. The van der Waals surface area contributed by atoms with Gasteiger partial charge in [-0.25, -0.2) is 13.2 Å². The summed E-state index contributed by atoms with van der Waals surface area (Å²) in [5.74, 6) is -3.88. The number of nitrogens with one attached hydrogen (secondary N) is 1. The molecule has 1 saturated carbocycles. The van der Waals surface area contributed by atoms with E-state index in [1.165, 1.54) is 18.1 Å². The number of alkyl halides is 2. The second-order valence-corrected chi connectivity index (χ2v) is 7.13. The van der Waals surface area contributed by atoms with Crippen molar-refractivity contribution in [3.05, 3.63) is 17.4 Å². The zero-order valence-electron chi connectivity index (χ0n) is 15.8. The van der Waals surface area contributed by atoms with Gasteiger partial charge in [0.25, 0.3) is 11.8 Å². The maximum Gasteiger partial charge on any atom is 0.254 e. The van der Waals surface area contributed by atoms with Gasteiger partial charge in [-0.15, -0.1) is 12.4 Å². The number of hydrogen-bond donors (Lipinski definition) is 1. The second-order valence-electron chi connectivity index (χ2n) is 7.13. The summed E-state index contributed by atoms with van der Waals surface area (Å²) >= 11 is 0. The van der Waals surface area contributed by atoms with E-state index in [0.29, 0.717) is 5.56 Å². The third-order valence-corrected chi connectivity index (χ3v) is 4.96. The zero-order chi connectivity index (χ0) is 19.6. The van der Waals surface area contributed by atoms with Crippen LogP contribution in [0.3, 0.4) is 0 Å². The molecule has 1 N–H and O–H groups in total. The van der Waals surface area contributed by atoms with Crippen LogP contribution in [0.2, 0.25) is 0 Å². The number of methoxy groups -OCH3 is 1. The Labute approximate surface area is 168 Å². The van der Waals surface area contributed by atoms with Crippen LogP contribution in [0.5, 0.6) is 11.8 Å². The number of halogens is 4. The number of likely N-dealkylation sites (N-methyl/N-ethyl adjacent to an activating group) is 1. The normalized spacial score (nSPS) is 23.2. The zero-order valence-corrected chi connectivity index (χ0v) is 16.7. The quantitative estimate of drug-likeness (QED) is 0.762. The molecular formula is C18H25ClF3N3O3. The average Bonchev–Trinajstić information content (AvgIpc) is 3.26. The smallest absolute Gasteiger partial charge is 0.254 e. The van der Waals surface area contributed by atoms with Gasteiger partial charge >= 0.3 is 0 Å². The van der Waals surface area contributed by atoms with Gasteiger partial charge in [0.05, 0.1) is 19.7 Å². The Hall–Kier alpha value is -1.74. The van der Waals surface area contributed by atoms with Gasteiger partial charge in [-0.3, -0.25) is 4.79 Å². The van der Waals surface area contributed by atoms with E-state index in [2.05, 4.69) is 10.3 Å². The van der Waals surface area contributed by atoms with Gasteiger partial charge in [0, 0.05) is 25.5 Å². The van der Waals surface area contributed by atoms with Crippen LogP contribution in [0.15, 0.2) is 6.07 Å². The lowest BCUT2D eigenvalue weighted by atomic mass is 10.2. The third kappa shape index (κ3) is 5.20. The Balaban J connectivity index is 0.00000280. The number of aromatic nitrogens is 1. The number of nitrogens with zero attached hydrogens (tertiary/aromatic N) is 2. The molecule has 6 nitrogen and oxygen atoms in total. The molecule has 1 saturated heterocycles. The van der Waals surface area contributed by atoms with Gasteiger partial charge in [-0.1, -0.05) is 0 Å². The Morgan fingerprint density at radius 2 is 2.14 bits per heavy atom. The third-order valence-electron chi connectivity index (χ3n) is 4.96. The van der Waals surface area contributed by atoms with Crippen molar-refractivity contribution in [2.75, 3.05) is 20.7 Å². The van der Waals surface area contributed by atoms with E-state index in [1.807, 2.05) is 0 Å². The van der Waals surface area contributed by atoms with Crippen molar-refractivity contribution < 1.29 is 27.4 Å². The van der Waals surface area contributed by atoms with E-state index < -0.39 is 24.3 Å². The molecule has 2 unspecified atom stereocenters. The summed E-state index contributed by atoms with van der Waals surface area (Å²) in [6.45, 7) is 0.919. The van der Waals surface area contributed by atoms with Gasteiger partial charge in [0.1, 0.15) is 6.10 Å². The van der Waals surface area contributed by atoms with Crippen LogP contribution in [-0.2, 0) is 11.3 Å².